The van der Waals surface area contributed by atoms with Crippen LogP contribution < -0.4 is 11.1 Å². The van der Waals surface area contributed by atoms with E-state index in [1.807, 2.05) is 45.0 Å². The molecule has 3 N–H and O–H groups in total. The van der Waals surface area contributed by atoms with Gasteiger partial charge in [0.25, 0.3) is 0 Å². The maximum atomic E-state index is 11.8. The Morgan fingerprint density at radius 3 is 2.40 bits per heavy atom. The highest BCUT2D eigenvalue weighted by atomic mass is 79.9. The van der Waals surface area contributed by atoms with Crippen LogP contribution in [0.2, 0.25) is 0 Å². The molecule has 1 aromatic carbocycles. The molecule has 0 fully saturated rings. The lowest BCUT2D eigenvalue weighted by atomic mass is 10.0. The van der Waals surface area contributed by atoms with Crippen LogP contribution in [0.1, 0.15) is 26.3 Å². The van der Waals surface area contributed by atoms with Crippen LogP contribution in [0.15, 0.2) is 41.0 Å². The number of nitrogens with two attached hydrogens (primary N) is 1. The summed E-state index contributed by atoms with van der Waals surface area (Å²) in [4.78, 5) is 11.8. The maximum absolute atomic E-state index is 11.8. The Hall–Kier alpha value is -1.49. The molecule has 1 aromatic rings. The Morgan fingerprint density at radius 1 is 1.40 bits per heavy atom. The van der Waals surface area contributed by atoms with Gasteiger partial charge in [0.1, 0.15) is 5.60 Å². The average Bonchev–Trinajstić information content (AvgIpc) is 2.28. The van der Waals surface area contributed by atoms with Crippen LogP contribution in [0.5, 0.6) is 0 Å². The van der Waals surface area contributed by atoms with Crippen LogP contribution in [0.4, 0.5) is 4.79 Å². The maximum Gasteiger partial charge on any atom is 0.408 e. The van der Waals surface area contributed by atoms with E-state index in [-0.39, 0.29) is 6.04 Å². The summed E-state index contributed by atoms with van der Waals surface area (Å²) in [6.45, 7) is 9.16. The summed E-state index contributed by atoms with van der Waals surface area (Å²) >= 11 is 3.38. The third-order valence-corrected chi connectivity index (χ3v) is 3.02. The molecule has 1 rings (SSSR count). The molecule has 5 heteroatoms. The number of halogens is 1. The minimum atomic E-state index is -0.540. The van der Waals surface area contributed by atoms with E-state index in [1.54, 1.807) is 0 Å². The zero-order valence-electron chi connectivity index (χ0n) is 12.1. The Bertz CT molecular complexity index is 478. The van der Waals surface area contributed by atoms with Gasteiger partial charge in [0, 0.05) is 10.2 Å². The third kappa shape index (κ3) is 6.10. The van der Waals surface area contributed by atoms with E-state index in [4.69, 9.17) is 10.5 Å². The SMILES string of the molecule is C=C(N)[C@H](Cc1ccc(Br)cc1)NC(=O)OC(C)(C)C. The van der Waals surface area contributed by atoms with E-state index in [1.165, 1.54) is 0 Å². The van der Waals surface area contributed by atoms with Gasteiger partial charge in [-0.1, -0.05) is 34.6 Å². The van der Waals surface area contributed by atoms with E-state index in [9.17, 15) is 4.79 Å². The van der Waals surface area contributed by atoms with Crippen molar-refractivity contribution in [3.05, 3.63) is 46.6 Å². The van der Waals surface area contributed by atoms with Crippen LogP contribution in [-0.4, -0.2) is 17.7 Å². The first kappa shape index (κ1) is 16.6. The Morgan fingerprint density at radius 2 is 1.95 bits per heavy atom. The minimum Gasteiger partial charge on any atom is -0.444 e. The molecule has 0 aliphatic heterocycles. The van der Waals surface area contributed by atoms with Crippen molar-refractivity contribution in [3.63, 3.8) is 0 Å². The highest BCUT2D eigenvalue weighted by Gasteiger charge is 2.20. The van der Waals surface area contributed by atoms with Crippen molar-refractivity contribution < 1.29 is 9.53 Å². The van der Waals surface area contributed by atoms with Gasteiger partial charge in [-0.05, 0) is 44.9 Å². The number of benzene rings is 1. The number of ether oxygens (including phenoxy) is 1. The average molecular weight is 341 g/mol. The van der Waals surface area contributed by atoms with E-state index < -0.39 is 11.7 Å². The smallest absolute Gasteiger partial charge is 0.408 e. The zero-order chi connectivity index (χ0) is 15.3. The highest BCUT2D eigenvalue weighted by molar-refractivity contribution is 9.10. The number of nitrogens with one attached hydrogen (secondary N) is 1. The number of carbonyl (C=O) groups excluding carboxylic acids is 1. The Labute approximate surface area is 128 Å². The standard InChI is InChI=1S/C15H21BrN2O2/c1-10(17)13(18-14(19)20-15(2,3)4)9-11-5-7-12(16)8-6-11/h5-8,13H,1,9,17H2,2-4H3,(H,18,19)/t13-/m0/s1. The number of amides is 1. The van der Waals surface area contributed by atoms with Crippen molar-refractivity contribution in [1.82, 2.24) is 5.32 Å². The largest absolute Gasteiger partial charge is 0.444 e. The van der Waals surface area contributed by atoms with Crippen LogP contribution in [0.25, 0.3) is 0 Å². The van der Waals surface area contributed by atoms with Crippen LogP contribution >= 0.6 is 15.9 Å². The van der Waals surface area contributed by atoms with Gasteiger partial charge in [-0.2, -0.15) is 0 Å². The second-order valence-electron chi connectivity index (χ2n) is 5.60. The molecule has 4 nitrogen and oxygen atoms in total. The molecule has 110 valence electrons. The highest BCUT2D eigenvalue weighted by Crippen LogP contribution is 2.14. The van der Waals surface area contributed by atoms with Gasteiger partial charge in [-0.3, -0.25) is 0 Å². The van der Waals surface area contributed by atoms with Gasteiger partial charge >= 0.3 is 6.09 Å². The third-order valence-electron chi connectivity index (χ3n) is 2.49. The number of rotatable bonds is 4. The molecule has 0 radical (unpaired) electrons. The molecule has 0 aliphatic carbocycles. The van der Waals surface area contributed by atoms with E-state index in [0.717, 1.165) is 10.0 Å². The number of carbonyl (C=O) groups is 1. The zero-order valence-corrected chi connectivity index (χ0v) is 13.7. The molecule has 0 spiro atoms. The first-order chi connectivity index (χ1) is 9.17. The molecule has 20 heavy (non-hydrogen) atoms. The van der Waals surface area contributed by atoms with Gasteiger partial charge < -0.3 is 15.8 Å². The molecule has 1 atom stereocenters. The summed E-state index contributed by atoms with van der Waals surface area (Å²) in [6, 6.07) is 7.47. The first-order valence-corrected chi connectivity index (χ1v) is 7.15. The summed E-state index contributed by atoms with van der Waals surface area (Å²) in [5, 5.41) is 2.74. The molecular weight excluding hydrogens is 320 g/mol. The number of alkyl carbamates (subject to hydrolysis) is 1. The molecule has 0 unspecified atom stereocenters. The number of hydrogen-bond donors (Lipinski definition) is 2. The van der Waals surface area contributed by atoms with Crippen molar-refractivity contribution in [2.24, 2.45) is 5.73 Å². The van der Waals surface area contributed by atoms with Crippen LogP contribution in [-0.2, 0) is 11.2 Å². The molecule has 0 aromatic heterocycles. The summed E-state index contributed by atoms with van der Waals surface area (Å²) in [6.07, 6.45) is 0.0770. The molecule has 0 bridgehead atoms. The quantitative estimate of drug-likeness (QED) is 0.883. The molecule has 0 saturated heterocycles. The lowest BCUT2D eigenvalue weighted by Crippen LogP contribution is -2.42. The normalized spacial score (nSPS) is 12.6. The van der Waals surface area contributed by atoms with Crippen molar-refractivity contribution >= 4 is 22.0 Å². The first-order valence-electron chi connectivity index (χ1n) is 6.35. The summed E-state index contributed by atoms with van der Waals surface area (Å²) in [7, 11) is 0. The Kier molecular flexibility index (Phi) is 5.62. The summed E-state index contributed by atoms with van der Waals surface area (Å²) in [5.74, 6) is 0. The fourth-order valence-corrected chi connectivity index (χ4v) is 1.85. The van der Waals surface area contributed by atoms with E-state index in [2.05, 4.69) is 27.8 Å². The molecular formula is C15H21BrN2O2. The molecule has 0 heterocycles. The summed E-state index contributed by atoms with van der Waals surface area (Å²) < 4.78 is 6.23. The molecule has 0 aliphatic rings. The fraction of sp³-hybridized carbons (Fsp3) is 0.400. The second-order valence-corrected chi connectivity index (χ2v) is 6.52. The van der Waals surface area contributed by atoms with Gasteiger partial charge in [0.2, 0.25) is 0 Å². The predicted octanol–water partition coefficient (Wildman–Crippen LogP) is 3.36. The van der Waals surface area contributed by atoms with Crippen molar-refractivity contribution in [2.75, 3.05) is 0 Å². The summed E-state index contributed by atoms with van der Waals surface area (Å²) in [5.41, 5.74) is 6.67. The van der Waals surface area contributed by atoms with Gasteiger partial charge in [-0.25, -0.2) is 4.79 Å². The van der Waals surface area contributed by atoms with Crippen molar-refractivity contribution in [1.29, 1.82) is 0 Å². The lowest BCUT2D eigenvalue weighted by Gasteiger charge is -2.23. The predicted molar refractivity (Wildman–Crippen MR) is 84.3 cm³/mol. The second kappa shape index (κ2) is 6.79. The minimum absolute atomic E-state index is 0.356. The molecule has 0 saturated carbocycles. The van der Waals surface area contributed by atoms with Crippen molar-refractivity contribution in [2.45, 2.75) is 38.8 Å². The van der Waals surface area contributed by atoms with Gasteiger partial charge in [0.15, 0.2) is 0 Å². The van der Waals surface area contributed by atoms with E-state index >= 15 is 0 Å². The monoisotopic (exact) mass is 340 g/mol. The topological polar surface area (TPSA) is 64.3 Å². The lowest BCUT2D eigenvalue weighted by molar-refractivity contribution is 0.0511. The fourth-order valence-electron chi connectivity index (χ4n) is 1.58. The van der Waals surface area contributed by atoms with Crippen LogP contribution in [0.3, 0.4) is 0 Å². The van der Waals surface area contributed by atoms with E-state index in [0.29, 0.717) is 12.1 Å². The van der Waals surface area contributed by atoms with Gasteiger partial charge in [-0.15, -0.1) is 0 Å². The number of hydrogen-bond acceptors (Lipinski definition) is 3. The van der Waals surface area contributed by atoms with Gasteiger partial charge in [0.05, 0.1) is 6.04 Å². The molecule has 1 amide bonds. The van der Waals surface area contributed by atoms with Crippen molar-refractivity contribution in [3.8, 4) is 0 Å². The van der Waals surface area contributed by atoms with Crippen LogP contribution in [0, 0.1) is 0 Å². The Balaban J connectivity index is 2.68.